The molecule has 88 valence electrons. The number of aromatic nitrogens is 1. The molecule has 0 fully saturated rings. The summed E-state index contributed by atoms with van der Waals surface area (Å²) in [6.07, 6.45) is -3.81. The molecular weight excluding hydrogens is 223 g/mol. The second-order valence-electron chi connectivity index (χ2n) is 3.26. The van der Waals surface area contributed by atoms with Gasteiger partial charge in [-0.1, -0.05) is 0 Å². The SMILES string of the molecule is COC(=O)c1ncc(C(F)(F)F)c(C)c1C. The molecule has 1 aromatic rings. The highest BCUT2D eigenvalue weighted by atomic mass is 19.4. The van der Waals surface area contributed by atoms with Crippen LogP contribution in [0, 0.1) is 13.8 Å². The molecule has 0 saturated carbocycles. The van der Waals surface area contributed by atoms with Crippen LogP contribution in [0.5, 0.6) is 0 Å². The van der Waals surface area contributed by atoms with Crippen LogP contribution in [0.4, 0.5) is 13.2 Å². The number of alkyl halides is 3. The van der Waals surface area contributed by atoms with E-state index in [-0.39, 0.29) is 16.8 Å². The number of methoxy groups -OCH3 is 1. The minimum Gasteiger partial charge on any atom is -0.464 e. The van der Waals surface area contributed by atoms with Crippen LogP contribution < -0.4 is 0 Å². The van der Waals surface area contributed by atoms with Crippen molar-refractivity contribution in [2.45, 2.75) is 20.0 Å². The van der Waals surface area contributed by atoms with Gasteiger partial charge in [0, 0.05) is 6.20 Å². The van der Waals surface area contributed by atoms with Crippen molar-refractivity contribution in [2.75, 3.05) is 7.11 Å². The third kappa shape index (κ3) is 2.15. The van der Waals surface area contributed by atoms with Crippen LogP contribution in [0.2, 0.25) is 0 Å². The van der Waals surface area contributed by atoms with Gasteiger partial charge in [0.15, 0.2) is 5.69 Å². The Morgan fingerprint density at radius 2 is 1.88 bits per heavy atom. The lowest BCUT2D eigenvalue weighted by Crippen LogP contribution is -2.14. The van der Waals surface area contributed by atoms with Gasteiger partial charge in [0.05, 0.1) is 12.7 Å². The van der Waals surface area contributed by atoms with Crippen LogP contribution in [-0.4, -0.2) is 18.1 Å². The number of carbonyl (C=O) groups excluding carboxylic acids is 1. The molecule has 3 nitrogen and oxygen atoms in total. The normalized spacial score (nSPS) is 11.4. The summed E-state index contributed by atoms with van der Waals surface area (Å²) < 4.78 is 41.9. The number of hydrogen-bond donors (Lipinski definition) is 0. The van der Waals surface area contributed by atoms with E-state index in [1.54, 1.807) is 0 Å². The number of nitrogens with zero attached hydrogens (tertiary/aromatic N) is 1. The zero-order valence-corrected chi connectivity index (χ0v) is 8.97. The van der Waals surface area contributed by atoms with Crippen molar-refractivity contribution in [3.8, 4) is 0 Å². The van der Waals surface area contributed by atoms with E-state index < -0.39 is 17.7 Å². The van der Waals surface area contributed by atoms with Gasteiger partial charge >= 0.3 is 12.1 Å². The molecule has 0 bridgehead atoms. The van der Waals surface area contributed by atoms with Crippen LogP contribution >= 0.6 is 0 Å². The van der Waals surface area contributed by atoms with E-state index in [4.69, 9.17) is 0 Å². The third-order valence-electron chi connectivity index (χ3n) is 2.33. The quantitative estimate of drug-likeness (QED) is 0.699. The number of pyridine rings is 1. The van der Waals surface area contributed by atoms with Gasteiger partial charge in [-0.2, -0.15) is 13.2 Å². The minimum absolute atomic E-state index is 0.0112. The molecule has 0 aliphatic heterocycles. The lowest BCUT2D eigenvalue weighted by atomic mass is 10.0. The highest BCUT2D eigenvalue weighted by Crippen LogP contribution is 2.32. The molecule has 1 heterocycles. The van der Waals surface area contributed by atoms with Crippen LogP contribution in [0.3, 0.4) is 0 Å². The van der Waals surface area contributed by atoms with E-state index >= 15 is 0 Å². The molecular formula is C10H10F3NO2. The maximum absolute atomic E-state index is 12.5. The summed E-state index contributed by atoms with van der Waals surface area (Å²) >= 11 is 0. The largest absolute Gasteiger partial charge is 0.464 e. The highest BCUT2D eigenvalue weighted by molar-refractivity contribution is 5.89. The maximum Gasteiger partial charge on any atom is 0.418 e. The summed E-state index contributed by atoms with van der Waals surface area (Å²) in [7, 11) is 1.15. The predicted molar refractivity (Wildman–Crippen MR) is 50.1 cm³/mol. The Morgan fingerprint density at radius 3 is 2.31 bits per heavy atom. The van der Waals surface area contributed by atoms with Crippen LogP contribution in [0.1, 0.15) is 27.2 Å². The number of hydrogen-bond acceptors (Lipinski definition) is 3. The Bertz CT molecular complexity index is 427. The Morgan fingerprint density at radius 1 is 1.31 bits per heavy atom. The number of carbonyl (C=O) groups is 1. The average Bonchev–Trinajstić information content (AvgIpc) is 2.19. The average molecular weight is 233 g/mol. The van der Waals surface area contributed by atoms with E-state index in [0.717, 1.165) is 7.11 Å². The fraction of sp³-hybridized carbons (Fsp3) is 0.400. The molecule has 16 heavy (non-hydrogen) atoms. The summed E-state index contributed by atoms with van der Waals surface area (Å²) in [6, 6.07) is 0. The van der Waals surface area contributed by atoms with Crippen LogP contribution in [0.15, 0.2) is 6.20 Å². The third-order valence-corrected chi connectivity index (χ3v) is 2.33. The van der Waals surface area contributed by atoms with E-state index in [1.165, 1.54) is 13.8 Å². The van der Waals surface area contributed by atoms with Crippen molar-refractivity contribution in [1.29, 1.82) is 0 Å². The molecule has 0 amide bonds. The van der Waals surface area contributed by atoms with Crippen LogP contribution in [-0.2, 0) is 10.9 Å². The van der Waals surface area contributed by atoms with Gasteiger partial charge in [-0.3, -0.25) is 0 Å². The van der Waals surface area contributed by atoms with Crippen molar-refractivity contribution in [3.05, 3.63) is 28.6 Å². The molecule has 0 saturated heterocycles. The van der Waals surface area contributed by atoms with Crippen molar-refractivity contribution in [1.82, 2.24) is 4.98 Å². The number of halogens is 3. The summed E-state index contributed by atoms with van der Waals surface area (Å²) in [4.78, 5) is 14.7. The standard InChI is InChI=1S/C10H10F3NO2/c1-5-6(2)8(9(15)16-3)14-4-7(5)10(11,12)13/h4H,1-3H3. The zero-order chi connectivity index (χ0) is 12.5. The second-order valence-corrected chi connectivity index (χ2v) is 3.26. The molecule has 0 unspecified atom stereocenters. The molecule has 1 aromatic heterocycles. The van der Waals surface area contributed by atoms with E-state index in [1.807, 2.05) is 0 Å². The Hall–Kier alpha value is -1.59. The van der Waals surface area contributed by atoms with Gasteiger partial charge in [-0.05, 0) is 25.0 Å². The van der Waals surface area contributed by atoms with Crippen molar-refractivity contribution in [2.24, 2.45) is 0 Å². The molecule has 0 aliphatic carbocycles. The lowest BCUT2D eigenvalue weighted by molar-refractivity contribution is -0.138. The molecule has 0 spiro atoms. The summed E-state index contributed by atoms with van der Waals surface area (Å²) in [5, 5.41) is 0. The van der Waals surface area contributed by atoms with Crippen molar-refractivity contribution < 1.29 is 22.7 Å². The molecule has 0 aromatic carbocycles. The molecule has 0 atom stereocenters. The predicted octanol–water partition coefficient (Wildman–Crippen LogP) is 2.50. The fourth-order valence-electron chi connectivity index (χ4n) is 1.29. The number of esters is 1. The number of rotatable bonds is 1. The Kier molecular flexibility index (Phi) is 3.21. The Labute approximate surface area is 90.2 Å². The van der Waals surface area contributed by atoms with Gasteiger partial charge < -0.3 is 4.74 Å². The van der Waals surface area contributed by atoms with E-state index in [2.05, 4.69) is 9.72 Å². The molecule has 0 aliphatic rings. The van der Waals surface area contributed by atoms with Gasteiger partial charge in [0.25, 0.3) is 0 Å². The molecule has 1 rings (SSSR count). The summed E-state index contributed by atoms with van der Waals surface area (Å²) in [5.41, 5.74) is -0.754. The first-order chi connectivity index (χ1) is 7.29. The Balaban J connectivity index is 3.35. The molecule has 0 radical (unpaired) electrons. The van der Waals surface area contributed by atoms with Crippen LogP contribution in [0.25, 0.3) is 0 Å². The zero-order valence-electron chi connectivity index (χ0n) is 8.97. The highest BCUT2D eigenvalue weighted by Gasteiger charge is 2.34. The molecule has 0 N–H and O–H groups in total. The van der Waals surface area contributed by atoms with Gasteiger partial charge in [-0.25, -0.2) is 9.78 Å². The van der Waals surface area contributed by atoms with Gasteiger partial charge in [-0.15, -0.1) is 0 Å². The first kappa shape index (κ1) is 12.5. The minimum atomic E-state index is -4.46. The monoisotopic (exact) mass is 233 g/mol. The summed E-state index contributed by atoms with van der Waals surface area (Å²) in [5.74, 6) is -0.741. The maximum atomic E-state index is 12.5. The summed E-state index contributed by atoms with van der Waals surface area (Å²) in [6.45, 7) is 2.70. The van der Waals surface area contributed by atoms with Gasteiger partial charge in [0.1, 0.15) is 0 Å². The van der Waals surface area contributed by atoms with Crippen molar-refractivity contribution >= 4 is 5.97 Å². The van der Waals surface area contributed by atoms with E-state index in [9.17, 15) is 18.0 Å². The first-order valence-electron chi connectivity index (χ1n) is 4.40. The smallest absolute Gasteiger partial charge is 0.418 e. The number of ether oxygens (including phenoxy) is 1. The van der Waals surface area contributed by atoms with Crippen molar-refractivity contribution in [3.63, 3.8) is 0 Å². The fourth-order valence-corrected chi connectivity index (χ4v) is 1.29. The topological polar surface area (TPSA) is 39.2 Å². The second kappa shape index (κ2) is 4.11. The lowest BCUT2D eigenvalue weighted by Gasteiger charge is -2.13. The first-order valence-corrected chi connectivity index (χ1v) is 4.40. The van der Waals surface area contributed by atoms with E-state index in [0.29, 0.717) is 6.20 Å². The molecule has 6 heteroatoms. The van der Waals surface area contributed by atoms with Gasteiger partial charge in [0.2, 0.25) is 0 Å².